The molecule has 1 aromatic heterocycles. The van der Waals surface area contributed by atoms with E-state index in [4.69, 9.17) is 0 Å². The molecule has 3 N–H and O–H groups in total. The molecule has 0 aromatic carbocycles. The number of aromatic amines is 1. The van der Waals surface area contributed by atoms with E-state index in [0.29, 0.717) is 24.1 Å². The Bertz CT molecular complexity index is 506. The number of aliphatic hydroxyl groups excluding tert-OH is 1. The van der Waals surface area contributed by atoms with E-state index in [1.807, 2.05) is 13.8 Å². The summed E-state index contributed by atoms with van der Waals surface area (Å²) in [6.07, 6.45) is 2.53. The second-order valence-electron chi connectivity index (χ2n) is 5.44. The van der Waals surface area contributed by atoms with Gasteiger partial charge >= 0.3 is 0 Å². The molecule has 5 heteroatoms. The lowest BCUT2D eigenvalue weighted by Crippen LogP contribution is -2.32. The van der Waals surface area contributed by atoms with E-state index < -0.39 is 6.10 Å². The number of hydrogen-bond donors (Lipinski definition) is 3. The van der Waals surface area contributed by atoms with Crippen LogP contribution < -0.4 is 5.32 Å². The standard InChI is InChI=1S/C16H26N2O3/c1-5-7-12(20)9-17-16(21)15-13(8-6-2)14(11(4)19)10(3)18-15/h12,18,20H,5-9H2,1-4H3,(H,17,21). The van der Waals surface area contributed by atoms with Gasteiger partial charge < -0.3 is 15.4 Å². The van der Waals surface area contributed by atoms with E-state index in [-0.39, 0.29) is 18.2 Å². The summed E-state index contributed by atoms with van der Waals surface area (Å²) >= 11 is 0. The first kappa shape index (κ1) is 17.4. The lowest BCUT2D eigenvalue weighted by molar-refractivity contribution is 0.0904. The Balaban J connectivity index is 2.93. The molecule has 118 valence electrons. The van der Waals surface area contributed by atoms with Crippen molar-refractivity contribution in [2.75, 3.05) is 6.54 Å². The van der Waals surface area contributed by atoms with Crippen molar-refractivity contribution >= 4 is 11.7 Å². The van der Waals surface area contributed by atoms with Gasteiger partial charge in [-0.05, 0) is 32.3 Å². The van der Waals surface area contributed by atoms with E-state index in [9.17, 15) is 14.7 Å². The molecule has 0 saturated carbocycles. The SMILES string of the molecule is CCCc1c(C(=O)NCC(O)CCC)[nH]c(C)c1C(C)=O. The number of amides is 1. The normalized spacial score (nSPS) is 12.2. The first-order valence-electron chi connectivity index (χ1n) is 7.60. The van der Waals surface area contributed by atoms with Crippen molar-refractivity contribution in [2.24, 2.45) is 0 Å². The van der Waals surface area contributed by atoms with Gasteiger partial charge in [-0.2, -0.15) is 0 Å². The maximum atomic E-state index is 12.3. The smallest absolute Gasteiger partial charge is 0.268 e. The number of Topliss-reactive ketones (excluding diaryl/α,β-unsaturated/α-hetero) is 1. The molecule has 0 fully saturated rings. The van der Waals surface area contributed by atoms with Gasteiger partial charge in [-0.1, -0.05) is 26.7 Å². The lowest BCUT2D eigenvalue weighted by atomic mass is 10.0. The quantitative estimate of drug-likeness (QED) is 0.644. The highest BCUT2D eigenvalue weighted by atomic mass is 16.3. The van der Waals surface area contributed by atoms with E-state index in [1.165, 1.54) is 6.92 Å². The van der Waals surface area contributed by atoms with Gasteiger partial charge in [0.1, 0.15) is 5.69 Å². The van der Waals surface area contributed by atoms with Crippen molar-refractivity contribution in [2.45, 2.75) is 59.5 Å². The molecule has 1 aromatic rings. The predicted octanol–water partition coefficient (Wildman–Crippen LogP) is 2.37. The number of aromatic nitrogens is 1. The van der Waals surface area contributed by atoms with Gasteiger partial charge in [0.15, 0.2) is 5.78 Å². The van der Waals surface area contributed by atoms with Gasteiger partial charge in [0.25, 0.3) is 5.91 Å². The molecule has 1 amide bonds. The Labute approximate surface area is 126 Å². The first-order valence-corrected chi connectivity index (χ1v) is 7.60. The van der Waals surface area contributed by atoms with Crippen molar-refractivity contribution in [3.05, 3.63) is 22.5 Å². The van der Waals surface area contributed by atoms with Crippen LogP contribution in [0.1, 0.15) is 72.1 Å². The van der Waals surface area contributed by atoms with Crippen molar-refractivity contribution in [1.29, 1.82) is 0 Å². The number of carbonyl (C=O) groups excluding carboxylic acids is 2. The zero-order valence-corrected chi connectivity index (χ0v) is 13.4. The van der Waals surface area contributed by atoms with Crippen LogP contribution in [-0.4, -0.2) is 34.4 Å². The summed E-state index contributed by atoms with van der Waals surface area (Å²) in [5, 5.41) is 12.4. The van der Waals surface area contributed by atoms with Gasteiger partial charge in [0, 0.05) is 17.8 Å². The first-order chi connectivity index (χ1) is 9.92. The minimum Gasteiger partial charge on any atom is -0.391 e. The number of H-pyrrole nitrogens is 1. The van der Waals surface area contributed by atoms with Crippen LogP contribution in [0.25, 0.3) is 0 Å². The summed E-state index contributed by atoms with van der Waals surface area (Å²) in [7, 11) is 0. The Hall–Kier alpha value is -1.62. The summed E-state index contributed by atoms with van der Waals surface area (Å²) in [6.45, 7) is 7.54. The van der Waals surface area contributed by atoms with Crippen LogP contribution >= 0.6 is 0 Å². The fourth-order valence-electron chi connectivity index (χ4n) is 2.58. The number of ketones is 1. The zero-order chi connectivity index (χ0) is 16.0. The van der Waals surface area contributed by atoms with Crippen molar-refractivity contribution in [3.63, 3.8) is 0 Å². The van der Waals surface area contributed by atoms with Crippen LogP contribution in [0.2, 0.25) is 0 Å². The highest BCUT2D eigenvalue weighted by Crippen LogP contribution is 2.21. The van der Waals surface area contributed by atoms with Crippen molar-refractivity contribution in [1.82, 2.24) is 10.3 Å². The maximum absolute atomic E-state index is 12.3. The van der Waals surface area contributed by atoms with Crippen LogP contribution in [0.3, 0.4) is 0 Å². The molecule has 1 heterocycles. The Morgan fingerprint density at radius 1 is 1.29 bits per heavy atom. The number of rotatable bonds is 8. The highest BCUT2D eigenvalue weighted by molar-refractivity contribution is 6.02. The van der Waals surface area contributed by atoms with Crippen molar-refractivity contribution < 1.29 is 14.7 Å². The summed E-state index contributed by atoms with van der Waals surface area (Å²) in [6, 6.07) is 0. The highest BCUT2D eigenvalue weighted by Gasteiger charge is 2.22. The van der Waals surface area contributed by atoms with E-state index in [2.05, 4.69) is 10.3 Å². The average Bonchev–Trinajstić information content (AvgIpc) is 2.74. The summed E-state index contributed by atoms with van der Waals surface area (Å²) in [4.78, 5) is 27.1. The molecule has 1 atom stereocenters. The zero-order valence-electron chi connectivity index (χ0n) is 13.4. The third-order valence-electron chi connectivity index (χ3n) is 3.49. The van der Waals surface area contributed by atoms with Crippen molar-refractivity contribution in [3.8, 4) is 0 Å². The fraction of sp³-hybridized carbons (Fsp3) is 0.625. The lowest BCUT2D eigenvalue weighted by Gasteiger charge is -2.11. The maximum Gasteiger partial charge on any atom is 0.268 e. The van der Waals surface area contributed by atoms with Gasteiger partial charge in [-0.25, -0.2) is 0 Å². The molecule has 1 unspecified atom stereocenters. The van der Waals surface area contributed by atoms with Gasteiger partial charge in [0.05, 0.1) is 6.10 Å². The average molecular weight is 294 g/mol. The molecular formula is C16H26N2O3. The second-order valence-corrected chi connectivity index (χ2v) is 5.44. The van der Waals surface area contributed by atoms with Crippen LogP contribution in [0.4, 0.5) is 0 Å². The second kappa shape index (κ2) is 7.98. The van der Waals surface area contributed by atoms with E-state index >= 15 is 0 Å². The Kier molecular flexibility index (Phi) is 6.62. The summed E-state index contributed by atoms with van der Waals surface area (Å²) in [5.41, 5.74) is 2.58. The molecule has 0 aliphatic rings. The molecule has 0 bridgehead atoms. The van der Waals surface area contributed by atoms with Gasteiger partial charge in [0.2, 0.25) is 0 Å². The minimum absolute atomic E-state index is 0.0303. The number of nitrogens with one attached hydrogen (secondary N) is 2. The summed E-state index contributed by atoms with van der Waals surface area (Å²) in [5.74, 6) is -0.290. The van der Waals surface area contributed by atoms with E-state index in [0.717, 1.165) is 24.1 Å². The topological polar surface area (TPSA) is 82.2 Å². The molecule has 5 nitrogen and oxygen atoms in total. The van der Waals surface area contributed by atoms with Gasteiger partial charge in [-0.3, -0.25) is 9.59 Å². The number of aliphatic hydroxyl groups is 1. The monoisotopic (exact) mass is 294 g/mol. The Morgan fingerprint density at radius 2 is 1.95 bits per heavy atom. The van der Waals surface area contributed by atoms with Crippen LogP contribution in [0.5, 0.6) is 0 Å². The number of aryl methyl sites for hydroxylation is 1. The van der Waals surface area contributed by atoms with Crippen LogP contribution in [0.15, 0.2) is 0 Å². The molecule has 1 rings (SSSR count). The summed E-state index contributed by atoms with van der Waals surface area (Å²) < 4.78 is 0. The molecule has 0 saturated heterocycles. The minimum atomic E-state index is -0.531. The molecule has 21 heavy (non-hydrogen) atoms. The molecule has 0 aliphatic heterocycles. The third kappa shape index (κ3) is 4.43. The third-order valence-corrected chi connectivity index (χ3v) is 3.49. The largest absolute Gasteiger partial charge is 0.391 e. The Morgan fingerprint density at radius 3 is 2.48 bits per heavy atom. The molecule has 0 radical (unpaired) electrons. The van der Waals surface area contributed by atoms with E-state index in [1.54, 1.807) is 6.92 Å². The predicted molar refractivity (Wildman–Crippen MR) is 82.8 cm³/mol. The number of hydrogen-bond acceptors (Lipinski definition) is 3. The fourth-order valence-corrected chi connectivity index (χ4v) is 2.58. The van der Waals surface area contributed by atoms with Gasteiger partial charge in [-0.15, -0.1) is 0 Å². The van der Waals surface area contributed by atoms with Crippen LogP contribution in [-0.2, 0) is 6.42 Å². The number of carbonyl (C=O) groups is 2. The molecule has 0 aliphatic carbocycles. The molecule has 0 spiro atoms. The molecular weight excluding hydrogens is 268 g/mol. The van der Waals surface area contributed by atoms with Crippen LogP contribution in [0, 0.1) is 6.92 Å².